The summed E-state index contributed by atoms with van der Waals surface area (Å²) in [7, 11) is 0. The monoisotopic (exact) mass is 225 g/mol. The van der Waals surface area contributed by atoms with Gasteiger partial charge in [0.1, 0.15) is 12.5 Å². The molecule has 1 saturated heterocycles. The van der Waals surface area contributed by atoms with Crippen molar-refractivity contribution in [2.45, 2.75) is 25.7 Å². The molecule has 1 aliphatic heterocycles. The minimum Gasteiger partial charge on any atom is -0.449 e. The minimum absolute atomic E-state index is 0.364. The predicted molar refractivity (Wildman–Crippen MR) is 60.0 cm³/mol. The van der Waals surface area contributed by atoms with Gasteiger partial charge in [-0.05, 0) is 30.3 Å². The first-order valence-corrected chi connectivity index (χ1v) is 6.48. The van der Waals surface area contributed by atoms with Crippen molar-refractivity contribution in [1.82, 2.24) is 4.98 Å². The van der Waals surface area contributed by atoms with Gasteiger partial charge in [-0.15, -0.1) is 0 Å². The van der Waals surface area contributed by atoms with Gasteiger partial charge in [0.2, 0.25) is 0 Å². The summed E-state index contributed by atoms with van der Waals surface area (Å²) in [5.41, 5.74) is 0.753. The van der Waals surface area contributed by atoms with Crippen molar-refractivity contribution in [3.8, 4) is 0 Å². The van der Waals surface area contributed by atoms with Crippen molar-refractivity contribution in [2.75, 3.05) is 11.5 Å². The molecule has 0 saturated carbocycles. The van der Waals surface area contributed by atoms with Crippen LogP contribution in [0.15, 0.2) is 10.7 Å². The third-order valence-corrected chi connectivity index (χ3v) is 3.89. The number of carbonyl (C=O) groups excluding carboxylic acids is 1. The van der Waals surface area contributed by atoms with E-state index < -0.39 is 0 Å². The number of hydrogen-bond acceptors (Lipinski definition) is 4. The van der Waals surface area contributed by atoms with Crippen LogP contribution in [0, 0.1) is 5.92 Å². The average molecular weight is 225 g/mol. The third-order valence-electron chi connectivity index (χ3n) is 2.61. The van der Waals surface area contributed by atoms with Crippen molar-refractivity contribution >= 4 is 18.0 Å². The molecule has 0 aromatic carbocycles. The normalized spacial score (nSPS) is 21.5. The highest BCUT2D eigenvalue weighted by Crippen LogP contribution is 2.25. The van der Waals surface area contributed by atoms with E-state index in [-0.39, 0.29) is 0 Å². The molecule has 82 valence electrons. The molecule has 2 heterocycles. The van der Waals surface area contributed by atoms with Gasteiger partial charge >= 0.3 is 0 Å². The topological polar surface area (TPSA) is 43.1 Å². The largest absolute Gasteiger partial charge is 0.449 e. The van der Waals surface area contributed by atoms with E-state index in [9.17, 15) is 4.79 Å². The van der Waals surface area contributed by atoms with Gasteiger partial charge in [0, 0.05) is 12.8 Å². The second-order valence-electron chi connectivity index (χ2n) is 3.89. The van der Waals surface area contributed by atoms with E-state index in [4.69, 9.17) is 4.42 Å². The van der Waals surface area contributed by atoms with Gasteiger partial charge in [-0.2, -0.15) is 11.8 Å². The highest BCUT2D eigenvalue weighted by Gasteiger charge is 2.16. The maximum absolute atomic E-state index is 10.3. The lowest BCUT2D eigenvalue weighted by Gasteiger charge is -2.19. The molecule has 0 aliphatic carbocycles. The summed E-state index contributed by atoms with van der Waals surface area (Å²) >= 11 is 2.01. The van der Waals surface area contributed by atoms with E-state index in [1.54, 1.807) is 6.26 Å². The first kappa shape index (κ1) is 10.7. The maximum Gasteiger partial charge on any atom is 0.194 e. The summed E-state index contributed by atoms with van der Waals surface area (Å²) in [6.07, 6.45) is 6.32. The van der Waals surface area contributed by atoms with Crippen LogP contribution < -0.4 is 0 Å². The van der Waals surface area contributed by atoms with Gasteiger partial charge < -0.3 is 9.21 Å². The van der Waals surface area contributed by atoms with Crippen LogP contribution >= 0.6 is 11.8 Å². The molecule has 1 unspecified atom stereocenters. The van der Waals surface area contributed by atoms with Gasteiger partial charge in [-0.3, -0.25) is 0 Å². The zero-order valence-corrected chi connectivity index (χ0v) is 9.46. The van der Waals surface area contributed by atoms with Crippen molar-refractivity contribution in [2.24, 2.45) is 5.92 Å². The van der Waals surface area contributed by atoms with Gasteiger partial charge in [0.15, 0.2) is 5.89 Å². The zero-order valence-electron chi connectivity index (χ0n) is 8.65. The van der Waals surface area contributed by atoms with Crippen molar-refractivity contribution in [1.29, 1.82) is 0 Å². The summed E-state index contributed by atoms with van der Waals surface area (Å²) in [5, 5.41) is 0. The Morgan fingerprint density at radius 2 is 2.60 bits per heavy atom. The minimum atomic E-state index is 0.364. The molecule has 2 rings (SSSR count). The molecule has 0 bridgehead atoms. The Labute approximate surface area is 93.6 Å². The molecule has 1 aromatic heterocycles. The Kier molecular flexibility index (Phi) is 3.83. The number of hydrogen-bond donors (Lipinski definition) is 0. The van der Waals surface area contributed by atoms with Crippen LogP contribution in [0.25, 0.3) is 0 Å². The highest BCUT2D eigenvalue weighted by molar-refractivity contribution is 7.99. The Morgan fingerprint density at radius 1 is 1.67 bits per heavy atom. The molecule has 0 spiro atoms. The SMILES string of the molecule is O=CCc1coc(CC2CCCSC2)n1. The first-order valence-electron chi connectivity index (χ1n) is 5.33. The van der Waals surface area contributed by atoms with Crippen molar-refractivity contribution in [3.05, 3.63) is 17.8 Å². The lowest BCUT2D eigenvalue weighted by molar-refractivity contribution is -0.107. The summed E-state index contributed by atoms with van der Waals surface area (Å²) in [6.45, 7) is 0. The van der Waals surface area contributed by atoms with E-state index in [0.717, 1.165) is 24.3 Å². The number of aldehydes is 1. The fraction of sp³-hybridized carbons (Fsp3) is 0.636. The van der Waals surface area contributed by atoms with Crippen LogP contribution in [0.1, 0.15) is 24.4 Å². The standard InChI is InChI=1S/C11H15NO2S/c13-4-3-10-7-14-11(12-10)6-9-2-1-5-15-8-9/h4,7,9H,1-3,5-6,8H2. The number of nitrogens with zero attached hydrogens (tertiary/aromatic N) is 1. The third kappa shape index (κ3) is 3.09. The Morgan fingerprint density at radius 3 is 3.33 bits per heavy atom. The second kappa shape index (κ2) is 5.35. The fourth-order valence-electron chi connectivity index (χ4n) is 1.84. The van der Waals surface area contributed by atoms with Crippen LogP contribution in [0.2, 0.25) is 0 Å². The zero-order chi connectivity index (χ0) is 10.5. The molecular weight excluding hydrogens is 210 g/mol. The highest BCUT2D eigenvalue weighted by atomic mass is 32.2. The van der Waals surface area contributed by atoms with Gasteiger partial charge in [-0.25, -0.2) is 4.98 Å². The van der Waals surface area contributed by atoms with E-state index in [2.05, 4.69) is 4.98 Å². The van der Waals surface area contributed by atoms with Gasteiger partial charge in [0.25, 0.3) is 0 Å². The molecule has 1 fully saturated rings. The Bertz CT molecular complexity index is 318. The maximum atomic E-state index is 10.3. The van der Waals surface area contributed by atoms with Crippen LogP contribution in [-0.4, -0.2) is 22.8 Å². The number of thioether (sulfide) groups is 1. The Hall–Kier alpha value is -0.770. The quantitative estimate of drug-likeness (QED) is 0.736. The van der Waals surface area contributed by atoms with Crippen LogP contribution in [0.4, 0.5) is 0 Å². The van der Waals surface area contributed by atoms with Crippen LogP contribution in [-0.2, 0) is 17.6 Å². The summed E-state index contributed by atoms with van der Waals surface area (Å²) in [5.74, 6) is 4.00. The molecule has 15 heavy (non-hydrogen) atoms. The molecule has 0 radical (unpaired) electrons. The van der Waals surface area contributed by atoms with Gasteiger partial charge in [-0.1, -0.05) is 0 Å². The Balaban J connectivity index is 1.88. The molecule has 1 aromatic rings. The number of carbonyl (C=O) groups is 1. The molecule has 0 amide bonds. The molecular formula is C11H15NO2S. The van der Waals surface area contributed by atoms with Crippen LogP contribution in [0.5, 0.6) is 0 Å². The molecule has 4 heteroatoms. The molecule has 3 nitrogen and oxygen atoms in total. The van der Waals surface area contributed by atoms with E-state index in [0.29, 0.717) is 12.3 Å². The number of aromatic nitrogens is 1. The number of rotatable bonds is 4. The van der Waals surface area contributed by atoms with Crippen molar-refractivity contribution in [3.63, 3.8) is 0 Å². The molecule has 0 N–H and O–H groups in total. The lowest BCUT2D eigenvalue weighted by atomic mass is 10.0. The van der Waals surface area contributed by atoms with Crippen molar-refractivity contribution < 1.29 is 9.21 Å². The fourth-order valence-corrected chi connectivity index (χ4v) is 2.99. The smallest absolute Gasteiger partial charge is 0.194 e. The first-order chi connectivity index (χ1) is 7.38. The molecule has 1 aliphatic rings. The van der Waals surface area contributed by atoms with E-state index in [1.165, 1.54) is 24.3 Å². The second-order valence-corrected chi connectivity index (χ2v) is 5.04. The molecule has 1 atom stereocenters. The van der Waals surface area contributed by atoms with Crippen LogP contribution in [0.3, 0.4) is 0 Å². The number of oxazole rings is 1. The predicted octanol–water partition coefficient (Wildman–Crippen LogP) is 2.10. The summed E-state index contributed by atoms with van der Waals surface area (Å²) in [6, 6.07) is 0. The summed E-state index contributed by atoms with van der Waals surface area (Å²) < 4.78 is 5.34. The summed E-state index contributed by atoms with van der Waals surface area (Å²) in [4.78, 5) is 14.6. The van der Waals surface area contributed by atoms with Gasteiger partial charge in [0.05, 0.1) is 5.69 Å². The van der Waals surface area contributed by atoms with E-state index in [1.807, 2.05) is 11.8 Å². The van der Waals surface area contributed by atoms with E-state index >= 15 is 0 Å². The average Bonchev–Trinajstić information content (AvgIpc) is 2.68. The lowest BCUT2D eigenvalue weighted by Crippen LogP contribution is -2.13.